The molecule has 0 aliphatic heterocycles. The van der Waals surface area contributed by atoms with E-state index in [0.29, 0.717) is 22.5 Å². The Kier molecular flexibility index (Phi) is 4.58. The van der Waals surface area contributed by atoms with Crippen molar-refractivity contribution in [3.8, 4) is 0 Å². The lowest BCUT2D eigenvalue weighted by Gasteiger charge is -2.29. The minimum absolute atomic E-state index is 0.423. The fraction of sp³-hybridized carbons (Fsp3) is 0.500. The van der Waals surface area contributed by atoms with Gasteiger partial charge in [-0.15, -0.1) is 0 Å². The smallest absolute Gasteiger partial charge is 0.248 e. The number of primary amides is 1. The third kappa shape index (κ3) is 3.56. The van der Waals surface area contributed by atoms with Gasteiger partial charge in [-0.2, -0.15) is 11.8 Å². The van der Waals surface area contributed by atoms with Gasteiger partial charge >= 0.3 is 0 Å². The third-order valence-corrected chi connectivity index (χ3v) is 4.75. The number of thioether (sulfide) groups is 1. The van der Waals surface area contributed by atoms with E-state index >= 15 is 0 Å². The van der Waals surface area contributed by atoms with Crippen molar-refractivity contribution in [3.05, 3.63) is 23.8 Å². The van der Waals surface area contributed by atoms with Gasteiger partial charge in [0.2, 0.25) is 5.91 Å². The molecule has 0 radical (unpaired) electrons. The second kappa shape index (κ2) is 6.19. The molecule has 0 heterocycles. The first-order valence-corrected chi connectivity index (χ1v) is 7.87. The average molecular weight is 279 g/mol. The summed E-state index contributed by atoms with van der Waals surface area (Å²) in [4.78, 5) is 11.2. The number of nitrogen functional groups attached to an aromatic ring is 1. The standard InChI is InChI=1S/C14H21N3OS/c1-19-11-4-2-3-10(8-11)17-13-7-9(14(16)18)5-6-12(13)15/h5-7,10-11,17H,2-4,8,15H2,1H3,(H2,16,18). The van der Waals surface area contributed by atoms with E-state index < -0.39 is 5.91 Å². The summed E-state index contributed by atoms with van der Waals surface area (Å²) < 4.78 is 0. The molecule has 19 heavy (non-hydrogen) atoms. The molecule has 0 bridgehead atoms. The average Bonchev–Trinajstić information content (AvgIpc) is 2.41. The molecule has 1 amide bonds. The minimum atomic E-state index is -0.423. The SMILES string of the molecule is CSC1CCCC(Nc2cc(C(N)=O)ccc2N)C1. The molecule has 104 valence electrons. The Morgan fingerprint density at radius 3 is 2.89 bits per heavy atom. The summed E-state index contributed by atoms with van der Waals surface area (Å²) in [7, 11) is 0. The van der Waals surface area contributed by atoms with Crippen LogP contribution in [0.25, 0.3) is 0 Å². The first kappa shape index (κ1) is 14.1. The highest BCUT2D eigenvalue weighted by molar-refractivity contribution is 7.99. The van der Waals surface area contributed by atoms with Crippen LogP contribution in [0.4, 0.5) is 11.4 Å². The summed E-state index contributed by atoms with van der Waals surface area (Å²) in [5.74, 6) is -0.423. The number of hydrogen-bond donors (Lipinski definition) is 3. The van der Waals surface area contributed by atoms with Crippen LogP contribution in [0.5, 0.6) is 0 Å². The number of nitrogens with one attached hydrogen (secondary N) is 1. The van der Waals surface area contributed by atoms with Crippen LogP contribution in [-0.4, -0.2) is 23.5 Å². The number of hydrogen-bond acceptors (Lipinski definition) is 4. The van der Waals surface area contributed by atoms with Crippen LogP contribution in [0, 0.1) is 0 Å². The number of carbonyl (C=O) groups excluding carboxylic acids is 1. The molecular weight excluding hydrogens is 258 g/mol. The third-order valence-electron chi connectivity index (χ3n) is 3.66. The molecule has 1 aliphatic rings. The molecule has 2 rings (SSSR count). The van der Waals surface area contributed by atoms with Crippen LogP contribution >= 0.6 is 11.8 Å². The Labute approximate surface area is 118 Å². The Balaban J connectivity index is 2.09. The lowest BCUT2D eigenvalue weighted by molar-refractivity contribution is 0.100. The van der Waals surface area contributed by atoms with Crippen LogP contribution in [0.3, 0.4) is 0 Å². The summed E-state index contributed by atoms with van der Waals surface area (Å²) >= 11 is 1.93. The topological polar surface area (TPSA) is 81.1 Å². The van der Waals surface area contributed by atoms with Gasteiger partial charge in [0.25, 0.3) is 0 Å². The molecule has 1 aromatic carbocycles. The highest BCUT2D eigenvalue weighted by Gasteiger charge is 2.21. The van der Waals surface area contributed by atoms with Crippen LogP contribution in [-0.2, 0) is 0 Å². The van der Waals surface area contributed by atoms with E-state index in [0.717, 1.165) is 18.5 Å². The maximum atomic E-state index is 11.2. The van der Waals surface area contributed by atoms with Crippen molar-refractivity contribution in [1.29, 1.82) is 0 Å². The maximum Gasteiger partial charge on any atom is 0.248 e. The summed E-state index contributed by atoms with van der Waals surface area (Å²) in [6, 6.07) is 5.57. The zero-order valence-electron chi connectivity index (χ0n) is 11.2. The van der Waals surface area contributed by atoms with Crippen molar-refractivity contribution in [3.63, 3.8) is 0 Å². The van der Waals surface area contributed by atoms with Crippen molar-refractivity contribution < 1.29 is 4.79 Å². The van der Waals surface area contributed by atoms with Gasteiger partial charge in [-0.3, -0.25) is 4.79 Å². The van der Waals surface area contributed by atoms with Crippen LogP contribution in [0.2, 0.25) is 0 Å². The molecule has 1 saturated carbocycles. The first-order valence-electron chi connectivity index (χ1n) is 6.59. The largest absolute Gasteiger partial charge is 0.397 e. The van der Waals surface area contributed by atoms with Gasteiger partial charge in [-0.25, -0.2) is 0 Å². The van der Waals surface area contributed by atoms with Gasteiger partial charge in [-0.1, -0.05) is 6.42 Å². The molecule has 2 atom stereocenters. The van der Waals surface area contributed by atoms with Crippen LogP contribution in [0.1, 0.15) is 36.0 Å². The minimum Gasteiger partial charge on any atom is -0.397 e. The van der Waals surface area contributed by atoms with E-state index in [4.69, 9.17) is 11.5 Å². The van der Waals surface area contributed by atoms with Crippen molar-refractivity contribution >= 4 is 29.0 Å². The van der Waals surface area contributed by atoms with Gasteiger partial charge < -0.3 is 16.8 Å². The molecule has 0 aromatic heterocycles. The van der Waals surface area contributed by atoms with E-state index in [1.54, 1.807) is 18.2 Å². The van der Waals surface area contributed by atoms with Crippen molar-refractivity contribution in [2.24, 2.45) is 5.73 Å². The summed E-state index contributed by atoms with van der Waals surface area (Å²) in [6.07, 6.45) is 6.97. The zero-order chi connectivity index (χ0) is 13.8. The van der Waals surface area contributed by atoms with E-state index in [-0.39, 0.29) is 0 Å². The monoisotopic (exact) mass is 279 g/mol. The second-order valence-electron chi connectivity index (χ2n) is 5.03. The maximum absolute atomic E-state index is 11.2. The number of nitrogens with two attached hydrogens (primary N) is 2. The quantitative estimate of drug-likeness (QED) is 0.739. The van der Waals surface area contributed by atoms with Gasteiger partial charge in [0, 0.05) is 16.9 Å². The van der Waals surface area contributed by atoms with Gasteiger partial charge in [0.05, 0.1) is 11.4 Å². The zero-order valence-corrected chi connectivity index (χ0v) is 12.0. The lowest BCUT2D eigenvalue weighted by Crippen LogP contribution is -2.29. The first-order chi connectivity index (χ1) is 9.10. The highest BCUT2D eigenvalue weighted by atomic mass is 32.2. The predicted octanol–water partition coefficient (Wildman–Crippen LogP) is 2.45. The molecule has 1 aliphatic carbocycles. The Hall–Kier alpha value is -1.36. The Morgan fingerprint density at radius 2 is 2.21 bits per heavy atom. The molecule has 1 aromatic rings. The molecule has 5 N–H and O–H groups in total. The van der Waals surface area contributed by atoms with E-state index in [9.17, 15) is 4.79 Å². The normalized spacial score (nSPS) is 23.0. The molecule has 0 spiro atoms. The molecular formula is C14H21N3OS. The molecule has 1 fully saturated rings. The number of benzene rings is 1. The van der Waals surface area contributed by atoms with Crippen LogP contribution in [0.15, 0.2) is 18.2 Å². The van der Waals surface area contributed by atoms with Crippen LogP contribution < -0.4 is 16.8 Å². The molecule has 2 unspecified atom stereocenters. The van der Waals surface area contributed by atoms with Gasteiger partial charge in [0.15, 0.2) is 0 Å². The van der Waals surface area contributed by atoms with Gasteiger partial charge in [-0.05, 0) is 43.7 Å². The van der Waals surface area contributed by atoms with Crippen molar-refractivity contribution in [1.82, 2.24) is 0 Å². The predicted molar refractivity (Wildman–Crippen MR) is 82.6 cm³/mol. The Morgan fingerprint density at radius 1 is 1.42 bits per heavy atom. The fourth-order valence-electron chi connectivity index (χ4n) is 2.54. The number of amides is 1. The van der Waals surface area contributed by atoms with E-state index in [1.165, 1.54) is 12.8 Å². The van der Waals surface area contributed by atoms with E-state index in [2.05, 4.69) is 11.6 Å². The fourth-order valence-corrected chi connectivity index (χ4v) is 3.37. The Bertz CT molecular complexity index is 464. The van der Waals surface area contributed by atoms with Crippen molar-refractivity contribution in [2.45, 2.75) is 37.0 Å². The summed E-state index contributed by atoms with van der Waals surface area (Å²) in [6.45, 7) is 0. The molecule has 4 nitrogen and oxygen atoms in total. The summed E-state index contributed by atoms with van der Waals surface area (Å²) in [5.41, 5.74) is 13.2. The number of anilines is 2. The number of rotatable bonds is 4. The summed E-state index contributed by atoms with van der Waals surface area (Å²) in [5, 5.41) is 4.18. The van der Waals surface area contributed by atoms with Gasteiger partial charge in [0.1, 0.15) is 0 Å². The van der Waals surface area contributed by atoms with Crippen molar-refractivity contribution in [2.75, 3.05) is 17.3 Å². The second-order valence-corrected chi connectivity index (χ2v) is 6.17. The number of carbonyl (C=O) groups is 1. The molecule has 0 saturated heterocycles. The molecule has 5 heteroatoms. The highest BCUT2D eigenvalue weighted by Crippen LogP contribution is 2.30. The lowest BCUT2D eigenvalue weighted by atomic mass is 9.94. The van der Waals surface area contributed by atoms with E-state index in [1.807, 2.05) is 11.8 Å².